The fraction of sp³-hybridized carbons (Fsp3) is 0.684. The van der Waals surface area contributed by atoms with Gasteiger partial charge in [-0.3, -0.25) is 0 Å². The molecule has 4 bridgehead atoms. The first-order chi connectivity index (χ1) is 9.75. The number of hydrogen-bond donors (Lipinski definition) is 1. The second-order valence-electron chi connectivity index (χ2n) is 7.77. The zero-order valence-corrected chi connectivity index (χ0v) is 12.7. The monoisotopic (exact) mass is 269 g/mol. The molecule has 0 aromatic heterocycles. The lowest BCUT2D eigenvalue weighted by Crippen LogP contribution is -2.54. The minimum absolute atomic E-state index is 0.445. The van der Waals surface area contributed by atoms with Gasteiger partial charge < -0.3 is 5.32 Å². The average Bonchev–Trinajstić information content (AvgIpc) is 2.39. The number of nitrogens with one attached hydrogen (secondary N) is 1. The van der Waals surface area contributed by atoms with E-state index in [1.165, 1.54) is 62.6 Å². The van der Waals surface area contributed by atoms with Crippen molar-refractivity contribution in [2.75, 3.05) is 5.32 Å². The Morgan fingerprint density at radius 1 is 0.950 bits per heavy atom. The minimum atomic E-state index is 0.445. The van der Waals surface area contributed by atoms with E-state index >= 15 is 0 Å². The molecule has 1 aromatic rings. The summed E-state index contributed by atoms with van der Waals surface area (Å²) in [6.07, 6.45) is 11.3. The fourth-order valence-corrected chi connectivity index (χ4v) is 5.61. The molecule has 0 amide bonds. The van der Waals surface area contributed by atoms with E-state index in [2.05, 4.69) is 36.5 Å². The van der Waals surface area contributed by atoms with Gasteiger partial charge in [-0.05, 0) is 80.4 Å². The molecular formula is C19H27N. The van der Waals surface area contributed by atoms with Crippen LogP contribution in [0, 0.1) is 17.8 Å². The molecule has 0 saturated heterocycles. The summed E-state index contributed by atoms with van der Waals surface area (Å²) in [5.41, 5.74) is 3.27. The molecule has 4 aliphatic rings. The van der Waals surface area contributed by atoms with Crippen molar-refractivity contribution in [2.24, 2.45) is 17.8 Å². The summed E-state index contributed by atoms with van der Waals surface area (Å²) in [5.74, 6) is 3.06. The van der Waals surface area contributed by atoms with Crippen LogP contribution in [0.5, 0.6) is 0 Å². The topological polar surface area (TPSA) is 12.0 Å². The van der Waals surface area contributed by atoms with Crippen LogP contribution in [0.1, 0.15) is 57.4 Å². The van der Waals surface area contributed by atoms with Gasteiger partial charge in [0.15, 0.2) is 0 Å². The summed E-state index contributed by atoms with van der Waals surface area (Å²) >= 11 is 0. The number of aryl methyl sites for hydroxylation is 1. The van der Waals surface area contributed by atoms with E-state index in [-0.39, 0.29) is 0 Å². The highest BCUT2D eigenvalue weighted by atomic mass is 15.0. The quantitative estimate of drug-likeness (QED) is 0.809. The van der Waals surface area contributed by atoms with E-state index in [9.17, 15) is 0 Å². The molecule has 0 aliphatic heterocycles. The Hall–Kier alpha value is -0.980. The smallest absolute Gasteiger partial charge is 0.0381 e. The third-order valence-electron chi connectivity index (χ3n) is 5.94. The highest BCUT2D eigenvalue weighted by Gasteiger charge is 2.50. The first-order valence-electron chi connectivity index (χ1n) is 8.62. The molecular weight excluding hydrogens is 242 g/mol. The summed E-state index contributed by atoms with van der Waals surface area (Å²) in [6, 6.07) is 9.24. The molecule has 0 heterocycles. The molecule has 4 saturated carbocycles. The molecule has 1 N–H and O–H groups in total. The van der Waals surface area contributed by atoms with Crippen molar-refractivity contribution in [3.05, 3.63) is 29.8 Å². The molecule has 0 spiro atoms. The molecule has 1 heteroatoms. The molecule has 4 aliphatic carbocycles. The van der Waals surface area contributed by atoms with Gasteiger partial charge in [-0.1, -0.05) is 25.5 Å². The van der Waals surface area contributed by atoms with Crippen molar-refractivity contribution >= 4 is 5.69 Å². The second kappa shape index (κ2) is 4.79. The Morgan fingerprint density at radius 2 is 1.50 bits per heavy atom. The minimum Gasteiger partial charge on any atom is -0.380 e. The molecule has 108 valence electrons. The van der Waals surface area contributed by atoms with E-state index in [1.807, 2.05) is 0 Å². The van der Waals surface area contributed by atoms with Gasteiger partial charge in [0.25, 0.3) is 0 Å². The summed E-state index contributed by atoms with van der Waals surface area (Å²) in [5, 5.41) is 3.96. The molecule has 4 fully saturated rings. The van der Waals surface area contributed by atoms with Crippen LogP contribution in [-0.4, -0.2) is 5.54 Å². The van der Waals surface area contributed by atoms with Crippen molar-refractivity contribution in [1.29, 1.82) is 0 Å². The first kappa shape index (κ1) is 12.7. The van der Waals surface area contributed by atoms with E-state index in [0.717, 1.165) is 17.8 Å². The Bertz CT molecular complexity index is 438. The maximum Gasteiger partial charge on any atom is 0.0381 e. The number of anilines is 1. The Morgan fingerprint density at radius 3 is 2.00 bits per heavy atom. The highest BCUT2D eigenvalue weighted by molar-refractivity contribution is 5.47. The number of benzene rings is 1. The van der Waals surface area contributed by atoms with E-state index in [0.29, 0.717) is 5.54 Å². The van der Waals surface area contributed by atoms with Gasteiger partial charge in [0.05, 0.1) is 0 Å². The van der Waals surface area contributed by atoms with Crippen LogP contribution in [0.15, 0.2) is 24.3 Å². The standard InChI is InChI=1S/C19H27N/c1-2-3-14-4-6-18(7-5-14)20-19-11-15-8-16(12-19)10-17(9-15)13-19/h4-7,15-17,20H,2-3,8-13H2,1H3. The highest BCUT2D eigenvalue weighted by Crippen LogP contribution is 2.56. The summed E-state index contributed by atoms with van der Waals surface area (Å²) in [6.45, 7) is 2.25. The van der Waals surface area contributed by atoms with E-state index in [4.69, 9.17) is 0 Å². The summed E-state index contributed by atoms with van der Waals surface area (Å²) < 4.78 is 0. The normalized spacial score (nSPS) is 38.1. The molecule has 0 unspecified atom stereocenters. The zero-order chi connectivity index (χ0) is 13.6. The molecule has 0 atom stereocenters. The number of hydrogen-bond acceptors (Lipinski definition) is 1. The van der Waals surface area contributed by atoms with Crippen LogP contribution in [0.3, 0.4) is 0 Å². The van der Waals surface area contributed by atoms with Crippen molar-refractivity contribution in [1.82, 2.24) is 0 Å². The molecule has 0 radical (unpaired) electrons. The van der Waals surface area contributed by atoms with Crippen LogP contribution < -0.4 is 5.32 Å². The van der Waals surface area contributed by atoms with Crippen molar-refractivity contribution in [3.8, 4) is 0 Å². The lowest BCUT2D eigenvalue weighted by molar-refractivity contribution is 0.0107. The van der Waals surface area contributed by atoms with Crippen LogP contribution in [0.25, 0.3) is 0 Å². The van der Waals surface area contributed by atoms with Gasteiger partial charge in [0.1, 0.15) is 0 Å². The second-order valence-corrected chi connectivity index (χ2v) is 7.77. The lowest BCUT2D eigenvalue weighted by Gasteiger charge is -2.57. The predicted molar refractivity (Wildman–Crippen MR) is 85.0 cm³/mol. The Labute approximate surface area is 123 Å². The average molecular weight is 269 g/mol. The van der Waals surface area contributed by atoms with Crippen molar-refractivity contribution in [2.45, 2.75) is 63.8 Å². The number of rotatable bonds is 4. The maximum atomic E-state index is 3.96. The maximum absolute atomic E-state index is 3.96. The lowest BCUT2D eigenvalue weighted by atomic mass is 9.53. The third-order valence-corrected chi connectivity index (χ3v) is 5.94. The zero-order valence-electron chi connectivity index (χ0n) is 12.7. The van der Waals surface area contributed by atoms with Gasteiger partial charge in [0.2, 0.25) is 0 Å². The van der Waals surface area contributed by atoms with Crippen LogP contribution in [-0.2, 0) is 6.42 Å². The van der Waals surface area contributed by atoms with E-state index in [1.54, 1.807) is 0 Å². The van der Waals surface area contributed by atoms with Crippen molar-refractivity contribution in [3.63, 3.8) is 0 Å². The largest absolute Gasteiger partial charge is 0.380 e. The van der Waals surface area contributed by atoms with E-state index < -0.39 is 0 Å². The Balaban J connectivity index is 1.50. The third kappa shape index (κ3) is 2.25. The van der Waals surface area contributed by atoms with Gasteiger partial charge in [-0.25, -0.2) is 0 Å². The molecule has 5 rings (SSSR count). The van der Waals surface area contributed by atoms with Crippen molar-refractivity contribution < 1.29 is 0 Å². The fourth-order valence-electron chi connectivity index (χ4n) is 5.61. The van der Waals surface area contributed by atoms with Gasteiger partial charge in [-0.2, -0.15) is 0 Å². The first-order valence-corrected chi connectivity index (χ1v) is 8.62. The molecule has 1 aromatic carbocycles. The predicted octanol–water partition coefficient (Wildman–Crippen LogP) is 5.02. The van der Waals surface area contributed by atoms with Gasteiger partial charge >= 0.3 is 0 Å². The van der Waals surface area contributed by atoms with Crippen LogP contribution in [0.4, 0.5) is 5.69 Å². The molecule has 1 nitrogen and oxygen atoms in total. The summed E-state index contributed by atoms with van der Waals surface area (Å²) in [7, 11) is 0. The van der Waals surface area contributed by atoms with Gasteiger partial charge in [0, 0.05) is 11.2 Å². The SMILES string of the molecule is CCCc1ccc(NC23CC4CC(CC(C4)C2)C3)cc1. The van der Waals surface area contributed by atoms with Crippen LogP contribution in [0.2, 0.25) is 0 Å². The summed E-state index contributed by atoms with van der Waals surface area (Å²) in [4.78, 5) is 0. The molecule has 20 heavy (non-hydrogen) atoms. The van der Waals surface area contributed by atoms with Crippen LogP contribution >= 0.6 is 0 Å². The van der Waals surface area contributed by atoms with Gasteiger partial charge in [-0.15, -0.1) is 0 Å². The Kier molecular flexibility index (Phi) is 3.05.